The molecule has 15 heavy (non-hydrogen) atoms. The molecule has 1 heteroatoms. The first-order valence-corrected chi connectivity index (χ1v) is 5.70. The summed E-state index contributed by atoms with van der Waals surface area (Å²) in [6, 6.07) is 18.6. The molecule has 2 aromatic carbocycles. The van der Waals surface area contributed by atoms with Gasteiger partial charge in [-0.25, -0.2) is 0 Å². The molecule has 0 saturated carbocycles. The van der Waals surface area contributed by atoms with E-state index in [-0.39, 0.29) is 0 Å². The minimum Gasteiger partial charge on any atom is -0.144 e. The van der Waals surface area contributed by atoms with Crippen molar-refractivity contribution < 1.29 is 1.37 Å². The van der Waals surface area contributed by atoms with E-state index in [0.29, 0.717) is 5.36 Å². The lowest BCUT2D eigenvalue weighted by molar-refractivity contribution is 1.66. The fraction of sp³-hybridized carbons (Fsp3) is 0. The highest BCUT2D eigenvalue weighted by Gasteiger charge is 1.99. The monoisotopic (exact) mass is 211 g/mol. The normalized spacial score (nSPS) is 11.6. The summed E-state index contributed by atoms with van der Waals surface area (Å²) in [5.41, 5.74) is 2.44. The molecule has 3 rings (SSSR count). The fourth-order valence-corrected chi connectivity index (χ4v) is 2.41. The van der Waals surface area contributed by atoms with Gasteiger partial charge in [-0.1, -0.05) is 36.4 Å². The van der Waals surface area contributed by atoms with Crippen LogP contribution in [-0.4, -0.2) is 0 Å². The summed E-state index contributed by atoms with van der Waals surface area (Å²) in [5, 5.41) is 1.79. The lowest BCUT2D eigenvalue weighted by Crippen LogP contribution is -1.75. The first-order valence-electron chi connectivity index (χ1n) is 5.38. The van der Waals surface area contributed by atoms with Gasteiger partial charge in [0.25, 0.3) is 0 Å². The predicted octanol–water partition coefficient (Wildman–Crippen LogP) is 4.57. The van der Waals surface area contributed by atoms with Crippen LogP contribution in [0.25, 0.3) is 21.2 Å². The maximum atomic E-state index is 7.62. The van der Waals surface area contributed by atoms with Crippen LogP contribution in [0.2, 0.25) is 0 Å². The number of thiophene rings is 1. The topological polar surface area (TPSA) is 0 Å². The summed E-state index contributed by atoms with van der Waals surface area (Å²) in [6.07, 6.45) is 0. The van der Waals surface area contributed by atoms with Gasteiger partial charge in [-0.2, -0.15) is 0 Å². The zero-order valence-corrected chi connectivity index (χ0v) is 8.92. The summed E-state index contributed by atoms with van der Waals surface area (Å²) in [6.45, 7) is 0. The van der Waals surface area contributed by atoms with Crippen molar-refractivity contribution in [1.29, 1.82) is 0 Å². The third-order valence-electron chi connectivity index (χ3n) is 2.50. The summed E-state index contributed by atoms with van der Waals surface area (Å²) in [4.78, 5) is 0. The first-order chi connectivity index (χ1) is 7.83. The summed E-state index contributed by atoms with van der Waals surface area (Å²) < 4.78 is 8.80. The van der Waals surface area contributed by atoms with E-state index in [2.05, 4.69) is 30.3 Å². The number of hydrogen-bond acceptors (Lipinski definition) is 1. The minimum absolute atomic E-state index is 0.625. The highest BCUT2D eigenvalue weighted by Crippen LogP contribution is 2.27. The largest absolute Gasteiger partial charge is 0.144 e. The van der Waals surface area contributed by atoms with Crippen LogP contribution in [0.15, 0.2) is 60.0 Å². The van der Waals surface area contributed by atoms with Crippen LogP contribution in [0.5, 0.6) is 0 Å². The van der Waals surface area contributed by atoms with Crippen molar-refractivity contribution in [1.82, 2.24) is 0 Å². The molecule has 3 aromatic rings. The maximum absolute atomic E-state index is 7.62. The lowest BCUT2D eigenvalue weighted by atomic mass is 10.0. The number of fused-ring (bicyclic) bond motifs is 1. The van der Waals surface area contributed by atoms with Crippen LogP contribution in [-0.2, 0) is 0 Å². The van der Waals surface area contributed by atoms with Crippen molar-refractivity contribution in [2.45, 2.75) is 0 Å². The molecule has 0 unspecified atom stereocenters. The van der Waals surface area contributed by atoms with Gasteiger partial charge in [0, 0.05) is 4.70 Å². The first kappa shape index (κ1) is 7.66. The van der Waals surface area contributed by atoms with Crippen molar-refractivity contribution in [2.75, 3.05) is 0 Å². The maximum Gasteiger partial charge on any atom is 0.0740 e. The highest BCUT2D eigenvalue weighted by atomic mass is 32.1. The Morgan fingerprint density at radius 1 is 0.867 bits per heavy atom. The van der Waals surface area contributed by atoms with Crippen molar-refractivity contribution in [3.05, 3.63) is 60.0 Å². The third kappa shape index (κ3) is 1.55. The molecule has 0 bridgehead atoms. The van der Waals surface area contributed by atoms with Gasteiger partial charge in [-0.3, -0.25) is 0 Å². The van der Waals surface area contributed by atoms with Crippen molar-refractivity contribution >= 4 is 21.4 Å². The molecular formula is C14H10S. The third-order valence-corrected chi connectivity index (χ3v) is 3.33. The Kier molecular flexibility index (Phi) is 1.80. The van der Waals surface area contributed by atoms with Gasteiger partial charge in [-0.15, -0.1) is 11.3 Å². The van der Waals surface area contributed by atoms with E-state index in [1.165, 1.54) is 27.2 Å². The van der Waals surface area contributed by atoms with Gasteiger partial charge in [0.2, 0.25) is 0 Å². The zero-order chi connectivity index (χ0) is 11.0. The molecule has 1 heterocycles. The van der Waals surface area contributed by atoms with Gasteiger partial charge in [0.05, 0.1) is 1.37 Å². The average molecular weight is 211 g/mol. The smallest absolute Gasteiger partial charge is 0.0740 e. The van der Waals surface area contributed by atoms with Crippen LogP contribution < -0.4 is 0 Å². The second-order valence-corrected chi connectivity index (χ2v) is 4.36. The predicted molar refractivity (Wildman–Crippen MR) is 67.3 cm³/mol. The second kappa shape index (κ2) is 3.52. The molecule has 72 valence electrons. The van der Waals surface area contributed by atoms with Crippen molar-refractivity contribution in [3.63, 3.8) is 0 Å². The van der Waals surface area contributed by atoms with Gasteiger partial charge in [0.1, 0.15) is 0 Å². The molecule has 0 amide bonds. The molecule has 0 aliphatic heterocycles. The SMILES string of the molecule is [2H]c1cc2cc(-c3ccccc3)ccc2s1. The van der Waals surface area contributed by atoms with Crippen LogP contribution in [0.3, 0.4) is 0 Å². The quantitative estimate of drug-likeness (QED) is 0.553. The fourth-order valence-electron chi connectivity index (χ4n) is 1.72. The van der Waals surface area contributed by atoms with Crippen LogP contribution in [0.1, 0.15) is 1.37 Å². The molecule has 0 aliphatic carbocycles. The molecule has 0 atom stereocenters. The Morgan fingerprint density at radius 2 is 1.73 bits per heavy atom. The number of benzene rings is 2. The molecule has 0 radical (unpaired) electrons. The van der Waals surface area contributed by atoms with Gasteiger partial charge < -0.3 is 0 Å². The Labute approximate surface area is 94.2 Å². The number of hydrogen-bond donors (Lipinski definition) is 0. The van der Waals surface area contributed by atoms with Crippen LogP contribution in [0, 0.1) is 0 Å². The Morgan fingerprint density at radius 3 is 2.60 bits per heavy atom. The molecule has 0 spiro atoms. The minimum atomic E-state index is 0.625. The van der Waals surface area contributed by atoms with Crippen LogP contribution >= 0.6 is 11.3 Å². The van der Waals surface area contributed by atoms with Crippen LogP contribution in [0.4, 0.5) is 0 Å². The molecule has 0 N–H and O–H groups in total. The van der Waals surface area contributed by atoms with E-state index in [0.717, 1.165) is 5.39 Å². The Hall–Kier alpha value is -1.60. The molecule has 0 nitrogen and oxygen atoms in total. The Balaban J connectivity index is 2.18. The Bertz CT molecular complexity index is 626. The zero-order valence-electron chi connectivity index (χ0n) is 9.10. The van der Waals surface area contributed by atoms with Gasteiger partial charge in [0.15, 0.2) is 0 Å². The average Bonchev–Trinajstić information content (AvgIpc) is 2.69. The van der Waals surface area contributed by atoms with E-state index < -0.39 is 0 Å². The highest BCUT2D eigenvalue weighted by molar-refractivity contribution is 7.17. The van der Waals surface area contributed by atoms with Crippen molar-refractivity contribution in [3.8, 4) is 11.1 Å². The summed E-state index contributed by atoms with van der Waals surface area (Å²) >= 11 is 1.52. The molecule has 0 aliphatic rings. The summed E-state index contributed by atoms with van der Waals surface area (Å²) in [5.74, 6) is 0. The molecule has 0 saturated heterocycles. The molecular weight excluding hydrogens is 200 g/mol. The molecule has 0 fully saturated rings. The number of rotatable bonds is 1. The van der Waals surface area contributed by atoms with E-state index in [9.17, 15) is 0 Å². The van der Waals surface area contributed by atoms with Gasteiger partial charge in [-0.05, 0) is 40.1 Å². The van der Waals surface area contributed by atoms with E-state index >= 15 is 0 Å². The summed E-state index contributed by atoms with van der Waals surface area (Å²) in [7, 11) is 0. The van der Waals surface area contributed by atoms with E-state index in [1.807, 2.05) is 24.3 Å². The van der Waals surface area contributed by atoms with Crippen molar-refractivity contribution in [2.24, 2.45) is 0 Å². The standard InChI is InChI=1S/C14H10S/c1-2-4-11(5-3-1)12-6-7-14-13(10-12)8-9-15-14/h1-10H/i9D. The van der Waals surface area contributed by atoms with E-state index in [4.69, 9.17) is 1.37 Å². The lowest BCUT2D eigenvalue weighted by Gasteiger charge is -2.00. The van der Waals surface area contributed by atoms with E-state index in [1.54, 1.807) is 0 Å². The second-order valence-electron chi connectivity index (χ2n) is 3.48. The molecule has 1 aromatic heterocycles. The van der Waals surface area contributed by atoms with Gasteiger partial charge >= 0.3 is 0 Å².